The molecule has 2 atom stereocenters. The van der Waals surface area contributed by atoms with Crippen molar-refractivity contribution in [2.45, 2.75) is 270 Å². The monoisotopic (exact) mass is 1050 g/mol. The van der Waals surface area contributed by atoms with Gasteiger partial charge in [-0.2, -0.15) is 0 Å². The molecule has 0 spiro atoms. The summed E-state index contributed by atoms with van der Waals surface area (Å²) in [4.78, 5) is 37.2. The Hall–Kier alpha value is -3.53. The number of unbranched alkanes of at least 4 members (excludes halogenated alkanes) is 27. The standard InChI is InChI=1S/C66H115NO8/c1-6-8-10-12-14-16-18-20-21-22-23-24-25-26-27-28-29-30-31-32-33-34-35-36-37-38-39-40-41-42-43-45-47-49-51-53-55-57-64(69)75-62(61-74-66(65(70)71)72-59-58-67(3,4)5)60-73-63(68)56-54-52-50-48-46-44-19-17-15-13-11-9-7-2/h8,10,14,16,20-21,23-24,26-27,29-30,32-33,62,66H,6-7,9,11-13,15,17-19,22,25,28,31,34-61H2,1-5H3/b10-8-,16-14-,21-20-,24-23-,27-26-,30-29-,33-32-. The number of allylic oxidation sites excluding steroid dienone is 14. The van der Waals surface area contributed by atoms with Crippen molar-refractivity contribution < 1.29 is 42.9 Å². The van der Waals surface area contributed by atoms with Crippen LogP contribution < -0.4 is 5.11 Å². The zero-order valence-electron chi connectivity index (χ0n) is 49.1. The highest BCUT2D eigenvalue weighted by atomic mass is 16.7. The minimum absolute atomic E-state index is 0.147. The topological polar surface area (TPSA) is 111 Å². The van der Waals surface area contributed by atoms with Crippen LogP contribution in [0.4, 0.5) is 0 Å². The van der Waals surface area contributed by atoms with Gasteiger partial charge in [0.2, 0.25) is 0 Å². The van der Waals surface area contributed by atoms with E-state index in [1.54, 1.807) is 0 Å². The highest BCUT2D eigenvalue weighted by Gasteiger charge is 2.22. The first-order valence-corrected chi connectivity index (χ1v) is 30.7. The molecule has 0 saturated heterocycles. The molecule has 0 aliphatic carbocycles. The second-order valence-corrected chi connectivity index (χ2v) is 21.6. The van der Waals surface area contributed by atoms with Crippen molar-refractivity contribution in [3.05, 3.63) is 85.1 Å². The molecule has 0 fully saturated rings. The van der Waals surface area contributed by atoms with Crippen LogP contribution in [-0.2, 0) is 33.3 Å². The van der Waals surface area contributed by atoms with Gasteiger partial charge in [0.15, 0.2) is 12.4 Å². The Kier molecular flexibility index (Phi) is 54.0. The molecule has 432 valence electrons. The van der Waals surface area contributed by atoms with Crippen LogP contribution in [-0.4, -0.2) is 82.3 Å². The second-order valence-electron chi connectivity index (χ2n) is 21.6. The maximum absolute atomic E-state index is 12.9. The van der Waals surface area contributed by atoms with Crippen LogP contribution in [0, 0.1) is 0 Å². The van der Waals surface area contributed by atoms with E-state index in [4.69, 9.17) is 18.9 Å². The Labute approximate surface area is 461 Å². The van der Waals surface area contributed by atoms with Gasteiger partial charge >= 0.3 is 11.9 Å². The number of carboxylic acid groups (broad SMARTS) is 1. The minimum Gasteiger partial charge on any atom is -0.545 e. The Morgan fingerprint density at radius 3 is 1.13 bits per heavy atom. The van der Waals surface area contributed by atoms with Crippen LogP contribution >= 0.6 is 0 Å². The van der Waals surface area contributed by atoms with Crippen molar-refractivity contribution in [2.75, 3.05) is 47.5 Å². The predicted octanol–water partition coefficient (Wildman–Crippen LogP) is 17.0. The third-order valence-corrected chi connectivity index (χ3v) is 13.2. The van der Waals surface area contributed by atoms with E-state index in [1.807, 2.05) is 21.1 Å². The van der Waals surface area contributed by atoms with E-state index >= 15 is 0 Å². The number of hydrogen-bond donors (Lipinski definition) is 0. The molecule has 75 heavy (non-hydrogen) atoms. The van der Waals surface area contributed by atoms with Gasteiger partial charge < -0.3 is 33.3 Å². The predicted molar refractivity (Wildman–Crippen MR) is 315 cm³/mol. The Morgan fingerprint density at radius 2 is 0.760 bits per heavy atom. The van der Waals surface area contributed by atoms with E-state index in [0.29, 0.717) is 23.9 Å². The van der Waals surface area contributed by atoms with Crippen LogP contribution in [0.2, 0.25) is 0 Å². The lowest BCUT2D eigenvalue weighted by Crippen LogP contribution is -2.44. The molecule has 0 aliphatic heterocycles. The molecule has 0 rings (SSSR count). The summed E-state index contributed by atoms with van der Waals surface area (Å²) >= 11 is 0. The molecule has 0 N–H and O–H groups in total. The molecule has 0 aliphatic rings. The van der Waals surface area contributed by atoms with Crippen LogP contribution in [0.15, 0.2) is 85.1 Å². The van der Waals surface area contributed by atoms with Gasteiger partial charge in [0.1, 0.15) is 13.2 Å². The molecular weight excluding hydrogens is 935 g/mol. The van der Waals surface area contributed by atoms with Gasteiger partial charge in [-0.1, -0.05) is 259 Å². The lowest BCUT2D eigenvalue weighted by Gasteiger charge is -2.26. The first kappa shape index (κ1) is 71.5. The number of rotatable bonds is 56. The zero-order chi connectivity index (χ0) is 54.8. The summed E-state index contributed by atoms with van der Waals surface area (Å²) in [5, 5.41) is 11.8. The zero-order valence-corrected chi connectivity index (χ0v) is 49.1. The van der Waals surface area contributed by atoms with Gasteiger partial charge in [-0.25, -0.2) is 0 Å². The van der Waals surface area contributed by atoms with Crippen molar-refractivity contribution >= 4 is 17.9 Å². The van der Waals surface area contributed by atoms with Crippen LogP contribution in [0.1, 0.15) is 258 Å². The molecule has 0 saturated carbocycles. The molecule has 9 heteroatoms. The van der Waals surface area contributed by atoms with Crippen molar-refractivity contribution in [1.82, 2.24) is 0 Å². The average Bonchev–Trinajstić information content (AvgIpc) is 3.38. The fourth-order valence-electron chi connectivity index (χ4n) is 8.46. The Balaban J connectivity index is 4.06. The van der Waals surface area contributed by atoms with E-state index in [2.05, 4.69) is 98.9 Å². The van der Waals surface area contributed by atoms with Crippen LogP contribution in [0.25, 0.3) is 0 Å². The van der Waals surface area contributed by atoms with Crippen LogP contribution in [0.3, 0.4) is 0 Å². The van der Waals surface area contributed by atoms with Crippen LogP contribution in [0.5, 0.6) is 0 Å². The molecule has 9 nitrogen and oxygen atoms in total. The molecule has 2 unspecified atom stereocenters. The molecule has 0 radical (unpaired) electrons. The van der Waals surface area contributed by atoms with Crippen molar-refractivity contribution in [2.24, 2.45) is 0 Å². The number of carbonyl (C=O) groups excluding carboxylic acids is 3. The summed E-state index contributed by atoms with van der Waals surface area (Å²) < 4.78 is 22.7. The highest BCUT2D eigenvalue weighted by molar-refractivity contribution is 5.70. The smallest absolute Gasteiger partial charge is 0.306 e. The number of esters is 2. The number of nitrogens with zero attached hydrogens (tertiary/aromatic N) is 1. The number of aliphatic carboxylic acids is 1. The van der Waals surface area contributed by atoms with Crippen molar-refractivity contribution in [3.8, 4) is 0 Å². The molecule has 0 aromatic carbocycles. The number of quaternary nitrogens is 1. The largest absolute Gasteiger partial charge is 0.545 e. The van der Waals surface area contributed by atoms with Gasteiger partial charge in [0, 0.05) is 12.8 Å². The third kappa shape index (κ3) is 58.0. The summed E-state index contributed by atoms with van der Waals surface area (Å²) in [6.07, 6.45) is 72.2. The van der Waals surface area contributed by atoms with Gasteiger partial charge in [-0.15, -0.1) is 0 Å². The molecule has 0 heterocycles. The molecule has 0 amide bonds. The van der Waals surface area contributed by atoms with Gasteiger partial charge in [0.05, 0.1) is 40.3 Å². The van der Waals surface area contributed by atoms with Crippen molar-refractivity contribution in [1.29, 1.82) is 0 Å². The summed E-state index contributed by atoms with van der Waals surface area (Å²) in [6, 6.07) is 0. The first-order valence-electron chi connectivity index (χ1n) is 30.7. The molecule has 0 aromatic rings. The summed E-state index contributed by atoms with van der Waals surface area (Å²) in [5.41, 5.74) is 0. The number of likely N-dealkylation sites (N-methyl/N-ethyl adjacent to an activating group) is 1. The minimum atomic E-state index is -1.62. The number of carbonyl (C=O) groups is 3. The third-order valence-electron chi connectivity index (χ3n) is 13.2. The van der Waals surface area contributed by atoms with Crippen molar-refractivity contribution in [3.63, 3.8) is 0 Å². The highest BCUT2D eigenvalue weighted by Crippen LogP contribution is 2.16. The molecular formula is C66H115NO8. The quantitative estimate of drug-likeness (QED) is 0.0195. The summed E-state index contributed by atoms with van der Waals surface area (Å²) in [5.74, 6) is -2.28. The molecule has 0 aromatic heterocycles. The number of ether oxygens (including phenoxy) is 4. The lowest BCUT2D eigenvalue weighted by atomic mass is 10.0. The average molecular weight is 1050 g/mol. The van der Waals surface area contributed by atoms with E-state index in [1.165, 1.54) is 141 Å². The first-order chi connectivity index (χ1) is 36.6. The SMILES string of the molecule is CC/C=C\C/C=C\C/C=C\C/C=C\C/C=C\C/C=C\C/C=C\CCCCCCCCCCCCCCCCCC(=O)OC(COC(=O)CCCCCCCCCCCCCCC)COC(OCC[N+](C)(C)C)C(=O)[O-]. The fourth-order valence-corrected chi connectivity index (χ4v) is 8.46. The summed E-state index contributed by atoms with van der Waals surface area (Å²) in [6.45, 7) is 4.64. The lowest BCUT2D eigenvalue weighted by molar-refractivity contribution is -0.870. The van der Waals surface area contributed by atoms with E-state index in [9.17, 15) is 19.5 Å². The van der Waals surface area contributed by atoms with E-state index < -0.39 is 24.3 Å². The maximum Gasteiger partial charge on any atom is 0.306 e. The number of carboxylic acids is 1. The normalized spacial score (nSPS) is 13.3. The van der Waals surface area contributed by atoms with E-state index in [0.717, 1.165) is 83.5 Å². The maximum atomic E-state index is 12.9. The van der Waals surface area contributed by atoms with Gasteiger partial charge in [-0.3, -0.25) is 9.59 Å². The Bertz CT molecular complexity index is 1500. The molecule has 0 bridgehead atoms. The van der Waals surface area contributed by atoms with Gasteiger partial charge in [0.25, 0.3) is 0 Å². The summed E-state index contributed by atoms with van der Waals surface area (Å²) in [7, 11) is 5.92. The second kappa shape index (κ2) is 56.7. The van der Waals surface area contributed by atoms with Gasteiger partial charge in [-0.05, 0) is 70.6 Å². The number of hydrogen-bond acceptors (Lipinski definition) is 8. The fraction of sp³-hybridized carbons (Fsp3) is 0.742. The Morgan fingerprint density at radius 1 is 0.413 bits per heavy atom. The van der Waals surface area contributed by atoms with E-state index in [-0.39, 0.29) is 32.2 Å².